The lowest BCUT2D eigenvalue weighted by molar-refractivity contribution is -0.138. The van der Waals surface area contributed by atoms with Gasteiger partial charge < -0.3 is 9.64 Å². The predicted octanol–water partition coefficient (Wildman–Crippen LogP) is 4.28. The minimum Gasteiger partial charge on any atom is -0.496 e. The van der Waals surface area contributed by atoms with Gasteiger partial charge in [0.15, 0.2) is 0 Å². The Hall–Kier alpha value is -3.18. The number of carbonyl (C=O) groups excluding carboxylic acids is 1. The molecule has 1 amide bonds. The Morgan fingerprint density at radius 3 is 2.44 bits per heavy atom. The van der Waals surface area contributed by atoms with Gasteiger partial charge in [0.25, 0.3) is 0 Å². The van der Waals surface area contributed by atoms with Gasteiger partial charge in [0.05, 0.1) is 12.5 Å². The Labute approximate surface area is 190 Å². The molecule has 1 saturated heterocycles. The minimum atomic E-state index is -0.400. The Balaban J connectivity index is 1.54. The van der Waals surface area contributed by atoms with Crippen molar-refractivity contribution >= 4 is 5.91 Å². The molecule has 4 rings (SSSR count). The Kier molecular flexibility index (Phi) is 6.56. The highest BCUT2D eigenvalue weighted by Crippen LogP contribution is 2.37. The number of likely N-dealkylation sites (tertiary alicyclic amines) is 1. The van der Waals surface area contributed by atoms with E-state index in [0.717, 1.165) is 49.4 Å². The molecule has 0 bridgehead atoms. The van der Waals surface area contributed by atoms with Gasteiger partial charge in [-0.15, -0.1) is 0 Å². The van der Waals surface area contributed by atoms with Crippen molar-refractivity contribution < 1.29 is 9.53 Å². The zero-order chi connectivity index (χ0) is 22.6. The molecule has 0 saturated carbocycles. The number of amides is 1. The maximum absolute atomic E-state index is 13.3. The zero-order valence-electron chi connectivity index (χ0n) is 19.1. The first-order chi connectivity index (χ1) is 15.5. The number of aromatic nitrogens is 1. The molecule has 5 heteroatoms. The molecule has 2 heterocycles. The molecule has 1 aliphatic rings. The number of ether oxygens (including phenoxy) is 1. The monoisotopic (exact) mass is 429 g/mol. The highest BCUT2D eigenvalue weighted by molar-refractivity contribution is 5.83. The van der Waals surface area contributed by atoms with Crippen molar-refractivity contribution in [3.05, 3.63) is 84.2 Å². The van der Waals surface area contributed by atoms with Gasteiger partial charge in [0, 0.05) is 45.1 Å². The molecule has 1 unspecified atom stereocenters. The fraction of sp³-hybridized carbons (Fsp3) is 0.333. The fourth-order valence-corrected chi connectivity index (χ4v) is 4.78. The van der Waals surface area contributed by atoms with Crippen LogP contribution < -0.4 is 4.74 Å². The number of hydrogen-bond acceptors (Lipinski definition) is 4. The molecular formula is C27H31N3O2. The van der Waals surface area contributed by atoms with E-state index < -0.39 is 5.41 Å². The van der Waals surface area contributed by atoms with Gasteiger partial charge in [0.1, 0.15) is 5.75 Å². The van der Waals surface area contributed by atoms with Crippen LogP contribution in [0.2, 0.25) is 0 Å². The molecule has 166 valence electrons. The number of pyridine rings is 1. The lowest BCUT2D eigenvalue weighted by Gasteiger charge is -2.31. The first-order valence-electron chi connectivity index (χ1n) is 11.1. The molecule has 1 atom stereocenters. The van der Waals surface area contributed by atoms with Crippen molar-refractivity contribution in [3.63, 3.8) is 0 Å². The Morgan fingerprint density at radius 1 is 1.03 bits per heavy atom. The molecule has 0 radical (unpaired) electrons. The summed E-state index contributed by atoms with van der Waals surface area (Å²) in [6.07, 6.45) is 5.26. The second-order valence-corrected chi connectivity index (χ2v) is 8.87. The fourth-order valence-electron chi connectivity index (χ4n) is 4.78. The van der Waals surface area contributed by atoms with E-state index in [1.165, 1.54) is 11.1 Å². The van der Waals surface area contributed by atoms with Crippen LogP contribution in [0.4, 0.5) is 0 Å². The zero-order valence-corrected chi connectivity index (χ0v) is 19.1. The maximum atomic E-state index is 13.3. The van der Waals surface area contributed by atoms with E-state index in [2.05, 4.69) is 40.2 Å². The molecule has 1 aromatic heterocycles. The van der Waals surface area contributed by atoms with Crippen molar-refractivity contribution in [2.75, 3.05) is 34.3 Å². The summed E-state index contributed by atoms with van der Waals surface area (Å²) in [6, 6.07) is 20.7. The van der Waals surface area contributed by atoms with E-state index >= 15 is 0 Å². The van der Waals surface area contributed by atoms with Crippen molar-refractivity contribution in [2.24, 2.45) is 5.41 Å². The van der Waals surface area contributed by atoms with Crippen molar-refractivity contribution in [2.45, 2.75) is 19.4 Å². The summed E-state index contributed by atoms with van der Waals surface area (Å²) in [5.74, 6) is 1.07. The van der Waals surface area contributed by atoms with E-state index in [1.54, 1.807) is 12.0 Å². The van der Waals surface area contributed by atoms with Gasteiger partial charge in [-0.2, -0.15) is 0 Å². The van der Waals surface area contributed by atoms with Gasteiger partial charge >= 0.3 is 0 Å². The van der Waals surface area contributed by atoms with Crippen molar-refractivity contribution in [1.29, 1.82) is 0 Å². The van der Waals surface area contributed by atoms with E-state index in [0.29, 0.717) is 0 Å². The van der Waals surface area contributed by atoms with Gasteiger partial charge in [-0.25, -0.2) is 0 Å². The quantitative estimate of drug-likeness (QED) is 0.562. The second kappa shape index (κ2) is 9.53. The van der Waals surface area contributed by atoms with Gasteiger partial charge in [-0.1, -0.05) is 42.5 Å². The number of benzene rings is 2. The standard InChI is InChI=1S/C27H31N3O2/c1-29(2)26(31)27(14-17-30(20-27)19-22-12-15-28-16-13-22)18-21-8-10-23(11-9-21)24-6-4-5-7-25(24)32-3/h4-13,15-16H,14,17-20H2,1-3H3. The van der Waals surface area contributed by atoms with Crippen LogP contribution >= 0.6 is 0 Å². The molecule has 2 aromatic carbocycles. The summed E-state index contributed by atoms with van der Waals surface area (Å²) in [6.45, 7) is 2.53. The molecule has 5 nitrogen and oxygen atoms in total. The third-order valence-corrected chi connectivity index (χ3v) is 6.36. The van der Waals surface area contributed by atoms with Gasteiger partial charge in [0.2, 0.25) is 5.91 Å². The second-order valence-electron chi connectivity index (χ2n) is 8.87. The lowest BCUT2D eigenvalue weighted by atomic mass is 9.79. The minimum absolute atomic E-state index is 0.212. The molecule has 1 fully saturated rings. The van der Waals surface area contributed by atoms with Crippen LogP contribution in [-0.2, 0) is 17.8 Å². The third-order valence-electron chi connectivity index (χ3n) is 6.36. The van der Waals surface area contributed by atoms with E-state index in [9.17, 15) is 4.79 Å². The van der Waals surface area contributed by atoms with E-state index in [4.69, 9.17) is 4.74 Å². The summed E-state index contributed by atoms with van der Waals surface area (Å²) in [4.78, 5) is 21.6. The van der Waals surface area contributed by atoms with Crippen LogP contribution in [0.25, 0.3) is 11.1 Å². The van der Waals surface area contributed by atoms with Crippen LogP contribution in [0, 0.1) is 5.41 Å². The SMILES string of the molecule is COc1ccccc1-c1ccc(CC2(C(=O)N(C)C)CCN(Cc3ccncc3)C2)cc1. The Bertz CT molecular complexity index is 1050. The molecular weight excluding hydrogens is 398 g/mol. The molecule has 1 aliphatic heterocycles. The summed E-state index contributed by atoms with van der Waals surface area (Å²) in [5.41, 5.74) is 4.21. The number of carbonyl (C=O) groups is 1. The average Bonchev–Trinajstić information content (AvgIpc) is 3.22. The van der Waals surface area contributed by atoms with Crippen LogP contribution in [0.3, 0.4) is 0 Å². The van der Waals surface area contributed by atoms with Crippen LogP contribution in [0.15, 0.2) is 73.1 Å². The molecule has 0 spiro atoms. The number of hydrogen-bond donors (Lipinski definition) is 0. The first-order valence-corrected chi connectivity index (χ1v) is 11.1. The van der Waals surface area contributed by atoms with Crippen molar-refractivity contribution in [1.82, 2.24) is 14.8 Å². The van der Waals surface area contributed by atoms with Crippen molar-refractivity contribution in [3.8, 4) is 16.9 Å². The van der Waals surface area contributed by atoms with E-state index in [1.807, 2.05) is 56.8 Å². The molecule has 0 aliphatic carbocycles. The predicted molar refractivity (Wildman–Crippen MR) is 127 cm³/mol. The Morgan fingerprint density at radius 2 is 1.75 bits per heavy atom. The number of para-hydroxylation sites is 1. The first kappa shape index (κ1) is 22.0. The summed E-state index contributed by atoms with van der Waals surface area (Å²) < 4.78 is 5.51. The van der Waals surface area contributed by atoms with E-state index in [-0.39, 0.29) is 5.91 Å². The largest absolute Gasteiger partial charge is 0.496 e. The highest BCUT2D eigenvalue weighted by atomic mass is 16.5. The normalized spacial score (nSPS) is 18.5. The van der Waals surface area contributed by atoms with Crippen LogP contribution in [0.1, 0.15) is 17.5 Å². The molecule has 3 aromatic rings. The summed E-state index contributed by atoms with van der Waals surface area (Å²) in [5, 5.41) is 0. The number of rotatable bonds is 7. The number of methoxy groups -OCH3 is 1. The smallest absolute Gasteiger partial charge is 0.229 e. The third kappa shape index (κ3) is 4.68. The average molecular weight is 430 g/mol. The lowest BCUT2D eigenvalue weighted by Crippen LogP contribution is -2.43. The molecule has 0 N–H and O–H groups in total. The summed E-state index contributed by atoms with van der Waals surface area (Å²) in [7, 11) is 5.42. The summed E-state index contributed by atoms with van der Waals surface area (Å²) >= 11 is 0. The topological polar surface area (TPSA) is 45.7 Å². The highest BCUT2D eigenvalue weighted by Gasteiger charge is 2.45. The van der Waals surface area contributed by atoms with Gasteiger partial charge in [-0.05, 0) is 54.3 Å². The number of nitrogens with zero attached hydrogens (tertiary/aromatic N) is 3. The van der Waals surface area contributed by atoms with Crippen LogP contribution in [-0.4, -0.2) is 55.0 Å². The van der Waals surface area contributed by atoms with Crippen LogP contribution in [0.5, 0.6) is 5.75 Å². The molecule has 32 heavy (non-hydrogen) atoms. The maximum Gasteiger partial charge on any atom is 0.229 e. The van der Waals surface area contributed by atoms with Gasteiger partial charge in [-0.3, -0.25) is 14.7 Å².